The molecule has 0 bridgehead atoms. The van der Waals surface area contributed by atoms with Crippen molar-refractivity contribution in [1.82, 2.24) is 4.98 Å². The smallest absolute Gasteiger partial charge is 0.271 e. The largest absolute Gasteiger partial charge is 0.419 e. The SMILES string of the molecule is FC(F)(F)c1cccnc1SC1=NCCS1. The molecule has 2 rings (SSSR count). The van der Waals surface area contributed by atoms with Crippen LogP contribution in [0.4, 0.5) is 13.2 Å². The second kappa shape index (κ2) is 4.67. The van der Waals surface area contributed by atoms with Gasteiger partial charge in [0, 0.05) is 11.9 Å². The summed E-state index contributed by atoms with van der Waals surface area (Å²) in [6.45, 7) is 0.668. The number of rotatable bonds is 1. The molecule has 86 valence electrons. The molecule has 7 heteroatoms. The molecule has 0 unspecified atom stereocenters. The minimum atomic E-state index is -4.36. The van der Waals surface area contributed by atoms with Crippen molar-refractivity contribution in [3.63, 3.8) is 0 Å². The first-order valence-electron chi connectivity index (χ1n) is 4.44. The second-order valence-corrected chi connectivity index (χ2v) is 5.27. The van der Waals surface area contributed by atoms with Crippen molar-refractivity contribution >= 4 is 27.9 Å². The van der Waals surface area contributed by atoms with Crippen molar-refractivity contribution < 1.29 is 13.2 Å². The lowest BCUT2D eigenvalue weighted by Gasteiger charge is -2.10. The highest BCUT2D eigenvalue weighted by atomic mass is 32.2. The quantitative estimate of drug-likeness (QED) is 0.778. The van der Waals surface area contributed by atoms with Crippen LogP contribution < -0.4 is 0 Å². The van der Waals surface area contributed by atoms with Gasteiger partial charge in [-0.15, -0.1) is 0 Å². The fraction of sp³-hybridized carbons (Fsp3) is 0.333. The van der Waals surface area contributed by atoms with E-state index in [4.69, 9.17) is 0 Å². The fourth-order valence-corrected chi connectivity index (χ4v) is 3.14. The zero-order valence-electron chi connectivity index (χ0n) is 7.99. The molecule has 0 saturated carbocycles. The zero-order chi connectivity index (χ0) is 11.6. The van der Waals surface area contributed by atoms with Gasteiger partial charge in [0.15, 0.2) is 0 Å². The summed E-state index contributed by atoms with van der Waals surface area (Å²) in [6, 6.07) is 2.33. The predicted octanol–water partition coefficient (Wildman–Crippen LogP) is 3.30. The van der Waals surface area contributed by atoms with E-state index in [1.807, 2.05) is 0 Å². The third-order valence-corrected chi connectivity index (χ3v) is 4.01. The van der Waals surface area contributed by atoms with Crippen LogP contribution in [0.15, 0.2) is 28.3 Å². The number of hydrogen-bond donors (Lipinski definition) is 0. The Hall–Kier alpha value is -0.690. The Balaban J connectivity index is 2.26. The summed E-state index contributed by atoms with van der Waals surface area (Å²) in [5.74, 6) is 0.830. The second-order valence-electron chi connectivity index (χ2n) is 2.95. The number of alkyl halides is 3. The van der Waals surface area contributed by atoms with Crippen LogP contribution in [0.25, 0.3) is 0 Å². The molecule has 1 aliphatic heterocycles. The van der Waals surface area contributed by atoms with E-state index in [0.717, 1.165) is 23.6 Å². The van der Waals surface area contributed by atoms with Gasteiger partial charge in [0.2, 0.25) is 0 Å². The summed E-state index contributed by atoms with van der Waals surface area (Å²) in [7, 11) is 0. The van der Waals surface area contributed by atoms with E-state index in [1.165, 1.54) is 24.0 Å². The number of aromatic nitrogens is 1. The molecular formula is C9H7F3N2S2. The molecule has 0 aromatic carbocycles. The normalized spacial score (nSPS) is 16.3. The van der Waals surface area contributed by atoms with Crippen molar-refractivity contribution in [2.75, 3.05) is 12.3 Å². The Morgan fingerprint density at radius 2 is 2.19 bits per heavy atom. The van der Waals surface area contributed by atoms with Gasteiger partial charge < -0.3 is 0 Å². The van der Waals surface area contributed by atoms with Crippen molar-refractivity contribution in [1.29, 1.82) is 0 Å². The number of aliphatic imine (C=N–C) groups is 1. The number of hydrogen-bond acceptors (Lipinski definition) is 4. The van der Waals surface area contributed by atoms with E-state index in [9.17, 15) is 13.2 Å². The molecule has 1 aromatic heterocycles. The maximum Gasteiger partial charge on any atom is 0.419 e. The molecule has 16 heavy (non-hydrogen) atoms. The van der Waals surface area contributed by atoms with E-state index in [2.05, 4.69) is 9.98 Å². The van der Waals surface area contributed by atoms with E-state index >= 15 is 0 Å². The molecular weight excluding hydrogens is 257 g/mol. The van der Waals surface area contributed by atoms with Gasteiger partial charge in [-0.05, 0) is 23.9 Å². The van der Waals surface area contributed by atoms with Crippen molar-refractivity contribution in [2.24, 2.45) is 4.99 Å². The molecule has 0 amide bonds. The van der Waals surface area contributed by atoms with Crippen LogP contribution >= 0.6 is 23.5 Å². The Labute approximate surface area is 98.7 Å². The molecule has 0 fully saturated rings. The van der Waals surface area contributed by atoms with Crippen LogP contribution in [-0.2, 0) is 6.18 Å². The van der Waals surface area contributed by atoms with Gasteiger partial charge in [0.1, 0.15) is 9.40 Å². The summed E-state index contributed by atoms with van der Waals surface area (Å²) < 4.78 is 38.5. The molecule has 2 nitrogen and oxygen atoms in total. The molecule has 1 aromatic rings. The topological polar surface area (TPSA) is 25.2 Å². The molecule has 2 heterocycles. The summed E-state index contributed by atoms with van der Waals surface area (Å²) >= 11 is 2.45. The van der Waals surface area contributed by atoms with Gasteiger partial charge in [-0.2, -0.15) is 13.2 Å². The highest BCUT2D eigenvalue weighted by Gasteiger charge is 2.34. The molecule has 1 aliphatic rings. The minimum absolute atomic E-state index is 0.0249. The Morgan fingerprint density at radius 1 is 1.38 bits per heavy atom. The Kier molecular flexibility index (Phi) is 3.44. The van der Waals surface area contributed by atoms with Gasteiger partial charge in [0.05, 0.1) is 12.1 Å². The molecule has 0 aliphatic carbocycles. The lowest BCUT2D eigenvalue weighted by atomic mass is 10.3. The van der Waals surface area contributed by atoms with Crippen LogP contribution in [-0.4, -0.2) is 21.7 Å². The summed E-state index contributed by atoms with van der Waals surface area (Å²) in [5, 5.41) is -0.0249. The first-order valence-corrected chi connectivity index (χ1v) is 6.25. The molecule has 0 atom stereocenters. The molecule has 0 radical (unpaired) electrons. The van der Waals surface area contributed by atoms with Gasteiger partial charge >= 0.3 is 6.18 Å². The summed E-state index contributed by atoms with van der Waals surface area (Å²) in [6.07, 6.45) is -3.00. The summed E-state index contributed by atoms with van der Waals surface area (Å²) in [5.41, 5.74) is -0.699. The number of halogens is 3. The van der Waals surface area contributed by atoms with Gasteiger partial charge in [-0.3, -0.25) is 4.99 Å². The van der Waals surface area contributed by atoms with Crippen molar-refractivity contribution in [3.8, 4) is 0 Å². The van der Waals surface area contributed by atoms with Crippen molar-refractivity contribution in [2.45, 2.75) is 11.2 Å². The predicted molar refractivity (Wildman–Crippen MR) is 59.9 cm³/mol. The molecule has 0 saturated heterocycles. The van der Waals surface area contributed by atoms with Crippen LogP contribution in [0.5, 0.6) is 0 Å². The molecule has 0 N–H and O–H groups in total. The van der Waals surface area contributed by atoms with Crippen LogP contribution in [0.3, 0.4) is 0 Å². The van der Waals surface area contributed by atoms with Crippen LogP contribution in [0.2, 0.25) is 0 Å². The van der Waals surface area contributed by atoms with Crippen LogP contribution in [0, 0.1) is 0 Å². The standard InChI is InChI=1S/C9H7F3N2S2/c10-9(11,12)6-2-1-3-13-7(6)16-8-14-4-5-15-8/h1-3H,4-5H2. The summed E-state index contributed by atoms with van der Waals surface area (Å²) in [4.78, 5) is 7.85. The van der Waals surface area contributed by atoms with Gasteiger partial charge in [-0.1, -0.05) is 11.8 Å². The average molecular weight is 264 g/mol. The minimum Gasteiger partial charge on any atom is -0.271 e. The maximum atomic E-state index is 12.6. The number of thioether (sulfide) groups is 2. The van der Waals surface area contributed by atoms with Crippen LogP contribution in [0.1, 0.15) is 5.56 Å². The first kappa shape index (κ1) is 11.8. The zero-order valence-corrected chi connectivity index (χ0v) is 9.62. The molecule has 0 spiro atoms. The maximum absolute atomic E-state index is 12.6. The Morgan fingerprint density at radius 3 is 2.81 bits per heavy atom. The third kappa shape index (κ3) is 2.70. The van der Waals surface area contributed by atoms with Gasteiger partial charge in [-0.25, -0.2) is 4.98 Å². The highest BCUT2D eigenvalue weighted by Crippen LogP contribution is 2.37. The Bertz CT molecular complexity index is 417. The lowest BCUT2D eigenvalue weighted by Crippen LogP contribution is -2.08. The van der Waals surface area contributed by atoms with Gasteiger partial charge in [0.25, 0.3) is 0 Å². The lowest BCUT2D eigenvalue weighted by molar-refractivity contribution is -0.140. The highest BCUT2D eigenvalue weighted by molar-refractivity contribution is 8.39. The first-order chi connectivity index (χ1) is 7.57. The number of nitrogens with zero attached hydrogens (tertiary/aromatic N) is 2. The average Bonchev–Trinajstić information content (AvgIpc) is 2.70. The van der Waals surface area contributed by atoms with Crippen molar-refractivity contribution in [3.05, 3.63) is 23.9 Å². The van der Waals surface area contributed by atoms with E-state index in [1.54, 1.807) is 0 Å². The third-order valence-electron chi connectivity index (χ3n) is 1.82. The van der Waals surface area contributed by atoms with E-state index in [0.29, 0.717) is 10.9 Å². The number of pyridine rings is 1. The van der Waals surface area contributed by atoms with E-state index in [-0.39, 0.29) is 5.03 Å². The fourth-order valence-electron chi connectivity index (χ4n) is 1.15. The monoisotopic (exact) mass is 264 g/mol. The van der Waals surface area contributed by atoms with E-state index < -0.39 is 11.7 Å².